The summed E-state index contributed by atoms with van der Waals surface area (Å²) in [6.45, 7) is 4.25. The van der Waals surface area contributed by atoms with Crippen LogP contribution < -0.4 is 20.4 Å². The molecule has 1 saturated heterocycles. The molecule has 2 N–H and O–H groups in total. The summed E-state index contributed by atoms with van der Waals surface area (Å²) in [5, 5.41) is 6.61. The van der Waals surface area contributed by atoms with Crippen molar-refractivity contribution in [2.45, 2.75) is 25.9 Å². The maximum Gasteiger partial charge on any atom is 0.191 e. The Morgan fingerprint density at radius 2 is 1.90 bits per heavy atom. The van der Waals surface area contributed by atoms with Gasteiger partial charge in [0.05, 0.1) is 12.2 Å². The van der Waals surface area contributed by atoms with Gasteiger partial charge in [0.1, 0.15) is 23.1 Å². The van der Waals surface area contributed by atoms with Crippen LogP contribution in [0.5, 0.6) is 0 Å². The van der Waals surface area contributed by atoms with Crippen molar-refractivity contribution in [3.63, 3.8) is 0 Å². The van der Waals surface area contributed by atoms with Gasteiger partial charge in [-0.3, -0.25) is 0 Å². The Morgan fingerprint density at radius 3 is 2.57 bits per heavy atom. The fraction of sp³-hybridized carbons (Fsp3) is 0.429. The minimum Gasteiger partial charge on any atom is -0.365 e. The van der Waals surface area contributed by atoms with Gasteiger partial charge in [-0.1, -0.05) is 12.1 Å². The highest BCUT2D eigenvalue weighted by molar-refractivity contribution is 14.0. The van der Waals surface area contributed by atoms with Crippen LogP contribution >= 0.6 is 24.0 Å². The van der Waals surface area contributed by atoms with Gasteiger partial charge in [-0.25, -0.2) is 18.8 Å². The van der Waals surface area contributed by atoms with Gasteiger partial charge < -0.3 is 20.4 Å². The standard InChI is InChI=1S/C21H28F2N6.HI/c1-4-24-21(25-13-15-7-5-10-19(26-15)28(2)3)27-16-11-12-29(14-16)20-17(22)8-6-9-18(20)23;/h5-10,16H,4,11-14H2,1-3H3,(H2,24,25,27);1H. The lowest BCUT2D eigenvalue weighted by molar-refractivity contribution is 0.576. The molecule has 1 aromatic heterocycles. The van der Waals surface area contributed by atoms with E-state index in [0.29, 0.717) is 25.6 Å². The van der Waals surface area contributed by atoms with Crippen molar-refractivity contribution in [2.24, 2.45) is 4.99 Å². The molecule has 0 aliphatic carbocycles. The van der Waals surface area contributed by atoms with Crippen molar-refractivity contribution in [1.29, 1.82) is 0 Å². The summed E-state index contributed by atoms with van der Waals surface area (Å²) in [5.74, 6) is 0.496. The lowest BCUT2D eigenvalue weighted by Crippen LogP contribution is -2.44. The molecule has 0 amide bonds. The van der Waals surface area contributed by atoms with E-state index in [1.54, 1.807) is 4.90 Å². The van der Waals surface area contributed by atoms with E-state index in [-0.39, 0.29) is 35.7 Å². The summed E-state index contributed by atoms with van der Waals surface area (Å²) in [6.07, 6.45) is 0.770. The lowest BCUT2D eigenvalue weighted by Gasteiger charge is -2.21. The van der Waals surface area contributed by atoms with Gasteiger partial charge in [-0.2, -0.15) is 0 Å². The van der Waals surface area contributed by atoms with Crippen LogP contribution in [0.2, 0.25) is 0 Å². The van der Waals surface area contributed by atoms with Crippen molar-refractivity contribution in [2.75, 3.05) is 43.5 Å². The zero-order valence-corrected chi connectivity index (χ0v) is 19.9. The number of hydrogen-bond acceptors (Lipinski definition) is 4. The fourth-order valence-corrected chi connectivity index (χ4v) is 3.35. The monoisotopic (exact) mass is 530 g/mol. The zero-order valence-electron chi connectivity index (χ0n) is 17.5. The van der Waals surface area contributed by atoms with E-state index >= 15 is 0 Å². The molecule has 1 aromatic carbocycles. The molecule has 1 atom stereocenters. The van der Waals surface area contributed by atoms with Crippen molar-refractivity contribution >= 4 is 41.4 Å². The van der Waals surface area contributed by atoms with Crippen LogP contribution in [0.15, 0.2) is 41.4 Å². The SMILES string of the molecule is CCNC(=NCc1cccc(N(C)C)n1)NC1CCN(c2c(F)cccc2F)C1.I. The number of para-hydroxylation sites is 1. The van der Waals surface area contributed by atoms with E-state index in [1.165, 1.54) is 18.2 Å². The van der Waals surface area contributed by atoms with E-state index in [1.807, 2.05) is 44.1 Å². The average Bonchev–Trinajstić information content (AvgIpc) is 3.14. The number of benzene rings is 1. The number of halogens is 3. The number of aromatic nitrogens is 1. The van der Waals surface area contributed by atoms with Crippen LogP contribution in [0.4, 0.5) is 20.3 Å². The molecule has 164 valence electrons. The Kier molecular flexibility index (Phi) is 9.07. The first-order valence-corrected chi connectivity index (χ1v) is 9.85. The van der Waals surface area contributed by atoms with E-state index < -0.39 is 11.6 Å². The highest BCUT2D eigenvalue weighted by Crippen LogP contribution is 2.26. The second-order valence-corrected chi connectivity index (χ2v) is 7.22. The summed E-state index contributed by atoms with van der Waals surface area (Å²) >= 11 is 0. The van der Waals surface area contributed by atoms with Gasteiger partial charge in [-0.15, -0.1) is 24.0 Å². The highest BCUT2D eigenvalue weighted by Gasteiger charge is 2.27. The molecule has 1 fully saturated rings. The third-order valence-corrected chi connectivity index (χ3v) is 4.78. The number of aliphatic imine (C=N–C) groups is 1. The van der Waals surface area contributed by atoms with Crippen LogP contribution in [-0.2, 0) is 6.54 Å². The molecule has 9 heteroatoms. The summed E-state index contributed by atoms with van der Waals surface area (Å²) in [4.78, 5) is 12.9. The van der Waals surface area contributed by atoms with E-state index in [0.717, 1.165) is 24.5 Å². The normalized spacial score (nSPS) is 16.2. The first-order chi connectivity index (χ1) is 14.0. The molecular formula is C21H29F2IN6. The van der Waals surface area contributed by atoms with Crippen molar-refractivity contribution < 1.29 is 8.78 Å². The Morgan fingerprint density at radius 1 is 1.20 bits per heavy atom. The molecular weight excluding hydrogens is 501 g/mol. The summed E-state index contributed by atoms with van der Waals surface area (Å²) in [5.41, 5.74) is 0.915. The number of nitrogens with one attached hydrogen (secondary N) is 2. The Labute approximate surface area is 193 Å². The largest absolute Gasteiger partial charge is 0.365 e. The molecule has 0 spiro atoms. The third-order valence-electron chi connectivity index (χ3n) is 4.78. The second-order valence-electron chi connectivity index (χ2n) is 7.22. The van der Waals surface area contributed by atoms with Crippen LogP contribution in [0.25, 0.3) is 0 Å². The highest BCUT2D eigenvalue weighted by atomic mass is 127. The van der Waals surface area contributed by atoms with Crippen molar-refractivity contribution in [1.82, 2.24) is 15.6 Å². The lowest BCUT2D eigenvalue weighted by atomic mass is 10.2. The van der Waals surface area contributed by atoms with Gasteiger partial charge in [-0.05, 0) is 37.6 Å². The van der Waals surface area contributed by atoms with E-state index in [4.69, 9.17) is 0 Å². The first-order valence-electron chi connectivity index (χ1n) is 9.85. The quantitative estimate of drug-likeness (QED) is 0.341. The van der Waals surface area contributed by atoms with Crippen LogP contribution in [0.3, 0.4) is 0 Å². The molecule has 0 radical (unpaired) electrons. The fourth-order valence-electron chi connectivity index (χ4n) is 3.35. The first kappa shape index (κ1) is 24.1. The number of hydrogen-bond donors (Lipinski definition) is 2. The van der Waals surface area contributed by atoms with E-state index in [9.17, 15) is 8.78 Å². The molecule has 6 nitrogen and oxygen atoms in total. The molecule has 0 saturated carbocycles. The molecule has 1 aliphatic rings. The number of rotatable bonds is 6. The Hall–Kier alpha value is -2.17. The number of guanidine groups is 1. The van der Waals surface area contributed by atoms with Gasteiger partial charge in [0.2, 0.25) is 0 Å². The van der Waals surface area contributed by atoms with Crippen LogP contribution in [0, 0.1) is 11.6 Å². The molecule has 0 bridgehead atoms. The topological polar surface area (TPSA) is 55.8 Å². The maximum absolute atomic E-state index is 14.1. The molecule has 3 rings (SSSR count). The minimum atomic E-state index is -0.530. The number of anilines is 2. The average molecular weight is 530 g/mol. The Bertz CT molecular complexity index is 841. The molecule has 1 aliphatic heterocycles. The summed E-state index contributed by atoms with van der Waals surface area (Å²) in [6, 6.07) is 9.87. The predicted molar refractivity (Wildman–Crippen MR) is 129 cm³/mol. The maximum atomic E-state index is 14.1. The summed E-state index contributed by atoms with van der Waals surface area (Å²) in [7, 11) is 3.90. The van der Waals surface area contributed by atoms with Gasteiger partial charge in [0.15, 0.2) is 5.96 Å². The number of pyridine rings is 1. The predicted octanol–water partition coefficient (Wildman–Crippen LogP) is 3.38. The molecule has 2 aromatic rings. The summed E-state index contributed by atoms with van der Waals surface area (Å²) < 4.78 is 28.1. The van der Waals surface area contributed by atoms with Crippen LogP contribution in [-0.4, -0.2) is 50.7 Å². The molecule has 30 heavy (non-hydrogen) atoms. The van der Waals surface area contributed by atoms with Crippen LogP contribution in [0.1, 0.15) is 19.0 Å². The molecule has 2 heterocycles. The smallest absolute Gasteiger partial charge is 0.191 e. The third kappa shape index (κ3) is 6.16. The van der Waals surface area contributed by atoms with Gasteiger partial charge >= 0.3 is 0 Å². The zero-order chi connectivity index (χ0) is 20.8. The van der Waals surface area contributed by atoms with Crippen molar-refractivity contribution in [3.8, 4) is 0 Å². The van der Waals surface area contributed by atoms with Gasteiger partial charge in [0, 0.05) is 39.8 Å². The van der Waals surface area contributed by atoms with Crippen molar-refractivity contribution in [3.05, 3.63) is 53.7 Å². The second kappa shape index (κ2) is 11.3. The molecule has 1 unspecified atom stereocenters. The number of nitrogens with zero attached hydrogens (tertiary/aromatic N) is 4. The van der Waals surface area contributed by atoms with E-state index in [2.05, 4.69) is 20.6 Å². The Balaban J connectivity index is 0.00000320. The minimum absolute atomic E-state index is 0. The van der Waals surface area contributed by atoms with Gasteiger partial charge in [0.25, 0.3) is 0 Å².